The second-order valence-corrected chi connectivity index (χ2v) is 9.67. The molecule has 2 unspecified atom stereocenters. The van der Waals surface area contributed by atoms with Gasteiger partial charge >= 0.3 is 0 Å². The molecule has 1 saturated carbocycles. The molecule has 1 heterocycles. The smallest absolute Gasteiger partial charge is 0.243 e. The van der Waals surface area contributed by atoms with Crippen LogP contribution in [0.25, 0.3) is 0 Å². The van der Waals surface area contributed by atoms with Crippen molar-refractivity contribution in [1.29, 1.82) is 0 Å². The lowest BCUT2D eigenvalue weighted by atomic mass is 9.88. The third-order valence-corrected chi connectivity index (χ3v) is 7.53. The van der Waals surface area contributed by atoms with Gasteiger partial charge in [0.1, 0.15) is 10.7 Å². The number of halogens is 1. The first-order valence-corrected chi connectivity index (χ1v) is 11.5. The zero-order valence-electron chi connectivity index (χ0n) is 16.7. The van der Waals surface area contributed by atoms with E-state index in [0.29, 0.717) is 11.6 Å². The Bertz CT molecular complexity index is 809. The van der Waals surface area contributed by atoms with Crippen LogP contribution in [0.2, 0.25) is 0 Å². The first kappa shape index (κ1) is 21.2. The van der Waals surface area contributed by atoms with E-state index in [2.05, 4.69) is 9.62 Å². The number of amides is 1. The van der Waals surface area contributed by atoms with Crippen molar-refractivity contribution < 1.29 is 17.6 Å². The van der Waals surface area contributed by atoms with Crippen molar-refractivity contribution in [1.82, 2.24) is 14.5 Å². The maximum absolute atomic E-state index is 13.9. The number of nitrogens with zero attached hydrogens (tertiary/aromatic N) is 2. The minimum Gasteiger partial charge on any atom is -0.341 e. The maximum atomic E-state index is 13.9. The Morgan fingerprint density at radius 1 is 1.21 bits per heavy atom. The largest absolute Gasteiger partial charge is 0.341 e. The maximum Gasteiger partial charge on any atom is 0.243 e. The molecule has 28 heavy (non-hydrogen) atoms. The first-order valence-electron chi connectivity index (χ1n) is 10.0. The van der Waals surface area contributed by atoms with Crippen molar-refractivity contribution in [3.63, 3.8) is 0 Å². The van der Waals surface area contributed by atoms with Crippen LogP contribution in [0, 0.1) is 5.82 Å². The van der Waals surface area contributed by atoms with Gasteiger partial charge in [-0.05, 0) is 63.5 Å². The van der Waals surface area contributed by atoms with E-state index in [1.165, 1.54) is 38.4 Å². The lowest BCUT2D eigenvalue weighted by Crippen LogP contribution is -2.53. The molecule has 8 heteroatoms. The summed E-state index contributed by atoms with van der Waals surface area (Å²) in [6, 6.07) is 4.43. The molecule has 156 valence electrons. The SMILES string of the molecule is CNS(=O)(=O)c1cc(CC(=O)N(C)C2CCCCC2N2CCCC2)ccc1F. The van der Waals surface area contributed by atoms with Gasteiger partial charge in [-0.3, -0.25) is 9.69 Å². The normalized spacial score (nSPS) is 23.7. The fourth-order valence-corrected chi connectivity index (χ4v) is 5.35. The van der Waals surface area contributed by atoms with Gasteiger partial charge in [0.15, 0.2) is 0 Å². The van der Waals surface area contributed by atoms with Crippen LogP contribution in [0.3, 0.4) is 0 Å². The molecule has 1 N–H and O–H groups in total. The molecule has 3 rings (SSSR count). The number of rotatable bonds is 6. The van der Waals surface area contributed by atoms with Crippen LogP contribution in [0.15, 0.2) is 23.1 Å². The van der Waals surface area contributed by atoms with Crippen LogP contribution >= 0.6 is 0 Å². The summed E-state index contributed by atoms with van der Waals surface area (Å²) < 4.78 is 40.0. The quantitative estimate of drug-likeness (QED) is 0.779. The summed E-state index contributed by atoms with van der Waals surface area (Å²) in [5.74, 6) is -0.879. The predicted molar refractivity (Wildman–Crippen MR) is 106 cm³/mol. The zero-order chi connectivity index (χ0) is 20.3. The third-order valence-electron chi connectivity index (χ3n) is 6.10. The Kier molecular flexibility index (Phi) is 6.73. The summed E-state index contributed by atoms with van der Waals surface area (Å²) in [7, 11) is -0.823. The second-order valence-electron chi connectivity index (χ2n) is 7.82. The van der Waals surface area contributed by atoms with Crippen molar-refractivity contribution in [3.05, 3.63) is 29.6 Å². The highest BCUT2D eigenvalue weighted by Gasteiger charge is 2.35. The minimum absolute atomic E-state index is 0.0597. The molecule has 1 aromatic rings. The molecule has 0 bridgehead atoms. The molecule has 2 aliphatic rings. The van der Waals surface area contributed by atoms with Crippen LogP contribution in [0.4, 0.5) is 4.39 Å². The molecular formula is C20H30FN3O3S. The Morgan fingerprint density at radius 2 is 1.89 bits per heavy atom. The van der Waals surface area contributed by atoms with Gasteiger partial charge in [-0.2, -0.15) is 0 Å². The topological polar surface area (TPSA) is 69.7 Å². The number of nitrogens with one attached hydrogen (secondary N) is 1. The molecule has 1 saturated heterocycles. The van der Waals surface area contributed by atoms with E-state index >= 15 is 0 Å². The highest BCUT2D eigenvalue weighted by Crippen LogP contribution is 2.29. The van der Waals surface area contributed by atoms with Crippen LogP contribution in [-0.2, 0) is 21.2 Å². The zero-order valence-corrected chi connectivity index (χ0v) is 17.5. The molecule has 1 amide bonds. The van der Waals surface area contributed by atoms with E-state index in [0.717, 1.165) is 38.4 Å². The number of hydrogen-bond donors (Lipinski definition) is 1. The summed E-state index contributed by atoms with van der Waals surface area (Å²) in [4.78, 5) is 16.9. The van der Waals surface area contributed by atoms with E-state index in [1.54, 1.807) is 0 Å². The monoisotopic (exact) mass is 411 g/mol. The number of carbonyl (C=O) groups is 1. The molecule has 2 atom stereocenters. The molecule has 1 aromatic carbocycles. The number of likely N-dealkylation sites (tertiary alicyclic amines) is 1. The lowest BCUT2D eigenvalue weighted by Gasteiger charge is -2.42. The highest BCUT2D eigenvalue weighted by atomic mass is 32.2. The predicted octanol–water partition coefficient (Wildman–Crippen LogP) is 2.14. The molecule has 0 aromatic heterocycles. The Balaban J connectivity index is 1.74. The molecule has 6 nitrogen and oxygen atoms in total. The van der Waals surface area contributed by atoms with E-state index in [-0.39, 0.29) is 18.4 Å². The van der Waals surface area contributed by atoms with Crippen molar-refractivity contribution >= 4 is 15.9 Å². The average molecular weight is 412 g/mol. The number of hydrogen-bond acceptors (Lipinski definition) is 4. The number of benzene rings is 1. The molecule has 0 radical (unpaired) electrons. The Labute approximate surface area is 167 Å². The summed E-state index contributed by atoms with van der Waals surface area (Å²) in [5.41, 5.74) is 0.501. The summed E-state index contributed by atoms with van der Waals surface area (Å²) in [6.07, 6.45) is 6.93. The summed E-state index contributed by atoms with van der Waals surface area (Å²) in [5, 5.41) is 0. The van der Waals surface area contributed by atoms with Crippen molar-refractivity contribution in [3.8, 4) is 0 Å². The van der Waals surface area contributed by atoms with Gasteiger partial charge in [0.25, 0.3) is 0 Å². The van der Waals surface area contributed by atoms with E-state index in [4.69, 9.17) is 0 Å². The van der Waals surface area contributed by atoms with Crippen LogP contribution in [0.5, 0.6) is 0 Å². The standard InChI is InChI=1S/C20H30FN3O3S/c1-22-28(26,27)19-13-15(9-10-16(19)21)14-20(25)23(2)17-7-3-4-8-18(17)24-11-5-6-12-24/h9-10,13,17-18,22H,3-8,11-12,14H2,1-2H3. The summed E-state index contributed by atoms with van der Waals surface area (Å²) in [6.45, 7) is 2.21. The van der Waals surface area contributed by atoms with Crippen molar-refractivity contribution in [2.45, 2.75) is 61.9 Å². The number of sulfonamides is 1. The number of likely N-dealkylation sites (N-methyl/N-ethyl adjacent to an activating group) is 1. The Hall–Kier alpha value is -1.51. The van der Waals surface area contributed by atoms with Crippen LogP contribution in [0.1, 0.15) is 44.1 Å². The lowest BCUT2D eigenvalue weighted by molar-refractivity contribution is -0.133. The first-order chi connectivity index (χ1) is 13.3. The van der Waals surface area contributed by atoms with Gasteiger partial charge < -0.3 is 4.90 Å². The van der Waals surface area contributed by atoms with E-state index < -0.39 is 20.7 Å². The van der Waals surface area contributed by atoms with Crippen LogP contribution < -0.4 is 4.72 Å². The molecule has 1 aliphatic carbocycles. The molecule has 2 fully saturated rings. The van der Waals surface area contributed by atoms with Gasteiger partial charge in [0.2, 0.25) is 15.9 Å². The molecular weight excluding hydrogens is 381 g/mol. The second kappa shape index (κ2) is 8.88. The molecule has 0 spiro atoms. The van der Waals surface area contributed by atoms with Crippen molar-refractivity contribution in [2.24, 2.45) is 0 Å². The van der Waals surface area contributed by atoms with E-state index in [9.17, 15) is 17.6 Å². The van der Waals surface area contributed by atoms with Gasteiger partial charge in [0, 0.05) is 19.1 Å². The van der Waals surface area contributed by atoms with Gasteiger partial charge in [-0.1, -0.05) is 18.9 Å². The highest BCUT2D eigenvalue weighted by molar-refractivity contribution is 7.89. The third kappa shape index (κ3) is 4.55. The fourth-order valence-electron chi connectivity index (χ4n) is 4.50. The van der Waals surface area contributed by atoms with Gasteiger partial charge in [-0.15, -0.1) is 0 Å². The fraction of sp³-hybridized carbons (Fsp3) is 0.650. The summed E-state index contributed by atoms with van der Waals surface area (Å²) >= 11 is 0. The van der Waals surface area contributed by atoms with E-state index in [1.807, 2.05) is 11.9 Å². The molecule has 1 aliphatic heterocycles. The van der Waals surface area contributed by atoms with Gasteiger partial charge in [-0.25, -0.2) is 17.5 Å². The van der Waals surface area contributed by atoms with Crippen molar-refractivity contribution in [2.75, 3.05) is 27.2 Å². The average Bonchev–Trinajstić information content (AvgIpc) is 3.23. The van der Waals surface area contributed by atoms with Gasteiger partial charge in [0.05, 0.1) is 6.42 Å². The number of carbonyl (C=O) groups excluding carboxylic acids is 1. The van der Waals surface area contributed by atoms with Crippen LogP contribution in [-0.4, -0.2) is 63.4 Å². The minimum atomic E-state index is -3.90. The Morgan fingerprint density at radius 3 is 2.57 bits per heavy atom.